The van der Waals surface area contributed by atoms with Crippen LogP contribution in [0.3, 0.4) is 0 Å². The molecule has 2 aliphatic rings. The SMILES string of the molecule is O=C(O)c1ccccc1-c1ccccc1C(=O)NC1CCN(C(=O)C2CC2)CC1. The average molecular weight is 392 g/mol. The van der Waals surface area contributed by atoms with Gasteiger partial charge in [0.25, 0.3) is 5.91 Å². The highest BCUT2D eigenvalue weighted by Gasteiger charge is 2.35. The lowest BCUT2D eigenvalue weighted by Crippen LogP contribution is -2.47. The Labute approximate surface area is 169 Å². The molecule has 1 saturated heterocycles. The van der Waals surface area contributed by atoms with Gasteiger partial charge in [-0.05, 0) is 48.9 Å². The number of rotatable bonds is 5. The first-order chi connectivity index (χ1) is 14.0. The number of carboxylic acid groups (broad SMARTS) is 1. The Morgan fingerprint density at radius 3 is 1.97 bits per heavy atom. The summed E-state index contributed by atoms with van der Waals surface area (Å²) >= 11 is 0. The highest BCUT2D eigenvalue weighted by atomic mass is 16.4. The van der Waals surface area contributed by atoms with E-state index < -0.39 is 5.97 Å². The summed E-state index contributed by atoms with van der Waals surface area (Å²) in [5.74, 6) is -0.760. The summed E-state index contributed by atoms with van der Waals surface area (Å²) in [5.41, 5.74) is 1.75. The van der Waals surface area contributed by atoms with Gasteiger partial charge in [-0.25, -0.2) is 4.79 Å². The van der Waals surface area contributed by atoms with Crippen molar-refractivity contribution in [2.24, 2.45) is 5.92 Å². The van der Waals surface area contributed by atoms with Gasteiger partial charge in [-0.2, -0.15) is 0 Å². The quantitative estimate of drug-likeness (QED) is 0.818. The minimum absolute atomic E-state index is 0.00790. The molecule has 150 valence electrons. The van der Waals surface area contributed by atoms with Crippen molar-refractivity contribution in [2.45, 2.75) is 31.7 Å². The Kier molecular flexibility index (Phi) is 5.34. The summed E-state index contributed by atoms with van der Waals surface area (Å²) < 4.78 is 0. The van der Waals surface area contributed by atoms with Crippen LogP contribution in [0.4, 0.5) is 0 Å². The molecule has 2 fully saturated rings. The molecule has 4 rings (SSSR count). The largest absolute Gasteiger partial charge is 0.478 e. The van der Waals surface area contributed by atoms with Crippen LogP contribution in [0.5, 0.6) is 0 Å². The second-order valence-electron chi connectivity index (χ2n) is 7.74. The van der Waals surface area contributed by atoms with E-state index >= 15 is 0 Å². The minimum atomic E-state index is -1.02. The fraction of sp³-hybridized carbons (Fsp3) is 0.348. The number of carbonyl (C=O) groups excluding carboxylic acids is 2. The van der Waals surface area contributed by atoms with E-state index in [1.807, 2.05) is 4.90 Å². The Balaban J connectivity index is 1.48. The molecule has 1 aliphatic heterocycles. The number of hydrogen-bond donors (Lipinski definition) is 2. The molecule has 2 aromatic rings. The summed E-state index contributed by atoms with van der Waals surface area (Å²) in [7, 11) is 0. The third-order valence-electron chi connectivity index (χ3n) is 5.69. The van der Waals surface area contributed by atoms with Gasteiger partial charge in [0, 0.05) is 30.6 Å². The minimum Gasteiger partial charge on any atom is -0.478 e. The number of aromatic carboxylic acids is 1. The van der Waals surface area contributed by atoms with Crippen LogP contribution in [-0.2, 0) is 4.79 Å². The average Bonchev–Trinajstić information content (AvgIpc) is 3.59. The lowest BCUT2D eigenvalue weighted by molar-refractivity contribution is -0.133. The number of amides is 2. The lowest BCUT2D eigenvalue weighted by atomic mass is 9.94. The third kappa shape index (κ3) is 4.16. The molecular weight excluding hydrogens is 368 g/mol. The second-order valence-corrected chi connectivity index (χ2v) is 7.74. The number of carbonyl (C=O) groups is 3. The highest BCUT2D eigenvalue weighted by molar-refractivity contribution is 6.04. The fourth-order valence-electron chi connectivity index (χ4n) is 3.92. The van der Waals surface area contributed by atoms with E-state index in [1.165, 1.54) is 0 Å². The van der Waals surface area contributed by atoms with Crippen molar-refractivity contribution in [3.05, 3.63) is 59.7 Å². The molecule has 1 heterocycles. The van der Waals surface area contributed by atoms with Gasteiger partial charge in [-0.1, -0.05) is 36.4 Å². The van der Waals surface area contributed by atoms with Crippen LogP contribution in [0, 0.1) is 5.92 Å². The summed E-state index contributed by atoms with van der Waals surface area (Å²) in [5, 5.41) is 12.6. The molecule has 2 N–H and O–H groups in total. The molecule has 2 amide bonds. The van der Waals surface area contributed by atoms with Crippen LogP contribution in [0.25, 0.3) is 11.1 Å². The third-order valence-corrected chi connectivity index (χ3v) is 5.69. The van der Waals surface area contributed by atoms with Gasteiger partial charge in [0.2, 0.25) is 5.91 Å². The van der Waals surface area contributed by atoms with E-state index in [0.29, 0.717) is 29.8 Å². The van der Waals surface area contributed by atoms with Crippen molar-refractivity contribution < 1.29 is 19.5 Å². The molecule has 29 heavy (non-hydrogen) atoms. The van der Waals surface area contributed by atoms with Gasteiger partial charge in [-0.3, -0.25) is 9.59 Å². The topological polar surface area (TPSA) is 86.7 Å². The van der Waals surface area contributed by atoms with Gasteiger partial charge in [-0.15, -0.1) is 0 Å². The van der Waals surface area contributed by atoms with Gasteiger partial charge in [0.1, 0.15) is 0 Å². The van der Waals surface area contributed by atoms with Gasteiger partial charge < -0.3 is 15.3 Å². The fourth-order valence-corrected chi connectivity index (χ4v) is 3.92. The Morgan fingerprint density at radius 2 is 1.38 bits per heavy atom. The maximum Gasteiger partial charge on any atom is 0.336 e. The zero-order valence-electron chi connectivity index (χ0n) is 16.1. The summed E-state index contributed by atoms with van der Waals surface area (Å²) in [6.45, 7) is 1.34. The summed E-state index contributed by atoms with van der Waals surface area (Å²) in [6, 6.07) is 13.8. The van der Waals surface area contributed by atoms with Crippen LogP contribution in [0.2, 0.25) is 0 Å². The molecule has 1 aliphatic carbocycles. The van der Waals surface area contributed by atoms with Crippen LogP contribution < -0.4 is 5.32 Å². The van der Waals surface area contributed by atoms with Crippen LogP contribution >= 0.6 is 0 Å². The maximum absolute atomic E-state index is 13.0. The zero-order valence-corrected chi connectivity index (χ0v) is 16.1. The number of carboxylic acids is 1. The van der Waals surface area contributed by atoms with Crippen molar-refractivity contribution in [3.63, 3.8) is 0 Å². The first-order valence-electron chi connectivity index (χ1n) is 10.1. The normalized spacial score (nSPS) is 17.0. The number of piperidine rings is 1. The van der Waals surface area contributed by atoms with E-state index in [9.17, 15) is 19.5 Å². The van der Waals surface area contributed by atoms with Crippen LogP contribution in [-0.4, -0.2) is 46.9 Å². The zero-order chi connectivity index (χ0) is 20.4. The van der Waals surface area contributed by atoms with E-state index in [2.05, 4.69) is 5.32 Å². The number of hydrogen-bond acceptors (Lipinski definition) is 3. The van der Waals surface area contributed by atoms with Gasteiger partial charge in [0.15, 0.2) is 0 Å². The van der Waals surface area contributed by atoms with Crippen LogP contribution in [0.1, 0.15) is 46.4 Å². The van der Waals surface area contributed by atoms with Gasteiger partial charge >= 0.3 is 5.97 Å². The van der Waals surface area contributed by atoms with Crippen molar-refractivity contribution in [2.75, 3.05) is 13.1 Å². The number of likely N-dealkylation sites (tertiary alicyclic amines) is 1. The van der Waals surface area contributed by atoms with Crippen molar-refractivity contribution >= 4 is 17.8 Å². The number of benzene rings is 2. The molecule has 0 aromatic heterocycles. The molecular formula is C23H24N2O4. The number of nitrogens with one attached hydrogen (secondary N) is 1. The van der Waals surface area contributed by atoms with Crippen molar-refractivity contribution in [3.8, 4) is 11.1 Å². The summed E-state index contributed by atoms with van der Waals surface area (Å²) in [4.78, 5) is 38.7. The Morgan fingerprint density at radius 1 is 0.828 bits per heavy atom. The molecule has 0 bridgehead atoms. The maximum atomic E-state index is 13.0. The predicted molar refractivity (Wildman–Crippen MR) is 109 cm³/mol. The molecule has 0 spiro atoms. The molecule has 0 unspecified atom stereocenters. The highest BCUT2D eigenvalue weighted by Crippen LogP contribution is 2.32. The smallest absolute Gasteiger partial charge is 0.336 e. The Hall–Kier alpha value is -3.15. The molecule has 2 aromatic carbocycles. The molecule has 6 heteroatoms. The molecule has 0 radical (unpaired) electrons. The molecule has 0 atom stereocenters. The number of nitrogens with zero attached hydrogens (tertiary/aromatic N) is 1. The Bertz CT molecular complexity index is 943. The lowest BCUT2D eigenvalue weighted by Gasteiger charge is -2.32. The van der Waals surface area contributed by atoms with Crippen LogP contribution in [0.15, 0.2) is 48.5 Å². The van der Waals surface area contributed by atoms with E-state index in [1.54, 1.807) is 48.5 Å². The predicted octanol–water partition coefficient (Wildman–Crippen LogP) is 3.18. The summed E-state index contributed by atoms with van der Waals surface area (Å²) in [6.07, 6.45) is 3.48. The van der Waals surface area contributed by atoms with Crippen molar-refractivity contribution in [1.82, 2.24) is 10.2 Å². The van der Waals surface area contributed by atoms with Crippen molar-refractivity contribution in [1.29, 1.82) is 0 Å². The molecule has 6 nitrogen and oxygen atoms in total. The first kappa shape index (κ1) is 19.2. The second kappa shape index (κ2) is 8.07. The van der Waals surface area contributed by atoms with Gasteiger partial charge in [0.05, 0.1) is 5.56 Å². The standard InChI is InChI=1S/C23H24N2O4/c26-21(24-16-11-13-25(14-12-16)22(27)15-9-10-15)19-7-3-1-5-17(19)18-6-2-4-8-20(18)23(28)29/h1-8,15-16H,9-14H2,(H,24,26)(H,28,29). The molecule has 1 saturated carbocycles. The van der Waals surface area contributed by atoms with E-state index in [4.69, 9.17) is 0 Å². The van der Waals surface area contributed by atoms with E-state index in [0.717, 1.165) is 25.7 Å². The monoisotopic (exact) mass is 392 g/mol. The van der Waals surface area contributed by atoms with E-state index in [-0.39, 0.29) is 29.3 Å². The first-order valence-corrected chi connectivity index (χ1v) is 10.1.